The summed E-state index contributed by atoms with van der Waals surface area (Å²) >= 11 is 0. The molecule has 2 rings (SSSR count). The molecular formula is C16H19N3O2. The Morgan fingerprint density at radius 2 is 1.81 bits per heavy atom. The monoisotopic (exact) mass is 285 g/mol. The van der Waals surface area contributed by atoms with Gasteiger partial charge in [0.2, 0.25) is 0 Å². The summed E-state index contributed by atoms with van der Waals surface area (Å²) in [6.07, 6.45) is 2.63. The molecule has 0 fully saturated rings. The predicted octanol–water partition coefficient (Wildman–Crippen LogP) is 1.35. The lowest BCUT2D eigenvalue weighted by atomic mass is 10.1. The molecule has 0 aliphatic rings. The Balaban J connectivity index is 2.02. The summed E-state index contributed by atoms with van der Waals surface area (Å²) in [5.41, 5.74) is 1.63. The lowest BCUT2D eigenvalue weighted by Gasteiger charge is -2.25. The minimum absolute atomic E-state index is 0.100. The molecule has 0 bridgehead atoms. The molecule has 1 heterocycles. The van der Waals surface area contributed by atoms with Gasteiger partial charge in [-0.15, -0.1) is 0 Å². The first kappa shape index (κ1) is 15.0. The van der Waals surface area contributed by atoms with Crippen molar-refractivity contribution in [3.63, 3.8) is 0 Å². The molecule has 1 amide bonds. The lowest BCUT2D eigenvalue weighted by molar-refractivity contribution is -0.605. The molecule has 1 N–H and O–H groups in total. The summed E-state index contributed by atoms with van der Waals surface area (Å²) in [5.74, 6) is -0.182. The first-order valence-electron chi connectivity index (χ1n) is 6.76. The molecule has 1 unspecified atom stereocenters. The summed E-state index contributed by atoms with van der Waals surface area (Å²) in [4.78, 5) is 14.1. The van der Waals surface area contributed by atoms with E-state index >= 15 is 0 Å². The van der Waals surface area contributed by atoms with E-state index < -0.39 is 0 Å². The zero-order valence-electron chi connectivity index (χ0n) is 12.2. The minimum Gasteiger partial charge on any atom is -0.619 e. The van der Waals surface area contributed by atoms with Crippen molar-refractivity contribution in [1.82, 2.24) is 10.2 Å². The van der Waals surface area contributed by atoms with Crippen LogP contribution in [0.15, 0.2) is 54.9 Å². The van der Waals surface area contributed by atoms with Gasteiger partial charge in [-0.2, -0.15) is 4.73 Å². The second-order valence-electron chi connectivity index (χ2n) is 5.05. The van der Waals surface area contributed by atoms with Crippen LogP contribution in [-0.4, -0.2) is 31.4 Å². The molecular weight excluding hydrogens is 266 g/mol. The standard InChI is InChI=1S/C16H19N3O2/c1-18(2)15(13-6-4-3-5-7-13)12-17-16(20)14-8-10-19(21)11-9-14/h3-11,15H,12H2,1-2H3,(H,17,20). The van der Waals surface area contributed by atoms with Gasteiger partial charge in [-0.05, 0) is 19.7 Å². The van der Waals surface area contributed by atoms with Crippen molar-refractivity contribution in [2.24, 2.45) is 0 Å². The van der Waals surface area contributed by atoms with Crippen molar-refractivity contribution in [1.29, 1.82) is 0 Å². The Hall–Kier alpha value is -2.40. The van der Waals surface area contributed by atoms with E-state index in [1.165, 1.54) is 24.5 Å². The smallest absolute Gasteiger partial charge is 0.251 e. The maximum Gasteiger partial charge on any atom is 0.251 e. The molecule has 1 aromatic heterocycles. The van der Waals surface area contributed by atoms with E-state index in [9.17, 15) is 10.0 Å². The van der Waals surface area contributed by atoms with Crippen LogP contribution in [0.1, 0.15) is 22.0 Å². The van der Waals surface area contributed by atoms with E-state index in [1.807, 2.05) is 44.4 Å². The van der Waals surface area contributed by atoms with Gasteiger partial charge in [0, 0.05) is 18.7 Å². The van der Waals surface area contributed by atoms with Gasteiger partial charge in [0.25, 0.3) is 5.91 Å². The van der Waals surface area contributed by atoms with Crippen molar-refractivity contribution < 1.29 is 9.52 Å². The van der Waals surface area contributed by atoms with Gasteiger partial charge >= 0.3 is 0 Å². The van der Waals surface area contributed by atoms with Crippen LogP contribution in [0.2, 0.25) is 0 Å². The third-order valence-corrected chi connectivity index (χ3v) is 3.33. The van der Waals surface area contributed by atoms with Gasteiger partial charge in [0.05, 0.1) is 11.6 Å². The van der Waals surface area contributed by atoms with Crippen molar-refractivity contribution in [2.75, 3.05) is 20.6 Å². The molecule has 1 aromatic carbocycles. The molecule has 0 aliphatic heterocycles. The van der Waals surface area contributed by atoms with Gasteiger partial charge in [0.15, 0.2) is 12.4 Å². The minimum atomic E-state index is -0.182. The number of benzene rings is 1. The quantitative estimate of drug-likeness (QED) is 0.666. The molecule has 21 heavy (non-hydrogen) atoms. The number of nitrogens with one attached hydrogen (secondary N) is 1. The molecule has 110 valence electrons. The van der Waals surface area contributed by atoms with Crippen LogP contribution in [0.25, 0.3) is 0 Å². The van der Waals surface area contributed by atoms with E-state index in [-0.39, 0.29) is 11.9 Å². The van der Waals surface area contributed by atoms with Crippen molar-refractivity contribution in [2.45, 2.75) is 6.04 Å². The van der Waals surface area contributed by atoms with Crippen LogP contribution >= 0.6 is 0 Å². The second-order valence-corrected chi connectivity index (χ2v) is 5.05. The third kappa shape index (κ3) is 4.03. The Labute approximate surface area is 124 Å². The average Bonchev–Trinajstić information content (AvgIpc) is 2.48. The fourth-order valence-corrected chi connectivity index (χ4v) is 2.13. The Morgan fingerprint density at radius 1 is 1.19 bits per heavy atom. The van der Waals surface area contributed by atoms with Crippen LogP contribution < -0.4 is 10.0 Å². The number of carbonyl (C=O) groups is 1. The van der Waals surface area contributed by atoms with Crippen LogP contribution in [0.5, 0.6) is 0 Å². The number of amides is 1. The van der Waals surface area contributed by atoms with E-state index in [0.717, 1.165) is 5.56 Å². The fraction of sp³-hybridized carbons (Fsp3) is 0.250. The van der Waals surface area contributed by atoms with E-state index in [1.54, 1.807) is 0 Å². The van der Waals surface area contributed by atoms with Crippen LogP contribution in [0.3, 0.4) is 0 Å². The van der Waals surface area contributed by atoms with Gasteiger partial charge in [-0.25, -0.2) is 0 Å². The summed E-state index contributed by atoms with van der Waals surface area (Å²) in [7, 11) is 3.96. The van der Waals surface area contributed by atoms with Crippen LogP contribution in [-0.2, 0) is 0 Å². The van der Waals surface area contributed by atoms with Gasteiger partial charge in [-0.3, -0.25) is 4.79 Å². The molecule has 0 radical (unpaired) electrons. The molecule has 0 saturated carbocycles. The number of likely N-dealkylation sites (N-methyl/N-ethyl adjacent to an activating group) is 1. The Bertz CT molecular complexity index is 582. The number of hydrogen-bond acceptors (Lipinski definition) is 3. The second kappa shape index (κ2) is 6.85. The van der Waals surface area contributed by atoms with Crippen LogP contribution in [0.4, 0.5) is 0 Å². The van der Waals surface area contributed by atoms with Crippen molar-refractivity contribution >= 4 is 5.91 Å². The number of nitrogens with zero attached hydrogens (tertiary/aromatic N) is 2. The Morgan fingerprint density at radius 3 is 2.38 bits per heavy atom. The molecule has 5 nitrogen and oxygen atoms in total. The van der Waals surface area contributed by atoms with Crippen molar-refractivity contribution in [3.05, 3.63) is 71.2 Å². The van der Waals surface area contributed by atoms with Crippen molar-refractivity contribution in [3.8, 4) is 0 Å². The first-order chi connectivity index (χ1) is 10.1. The molecule has 1 atom stereocenters. The fourth-order valence-electron chi connectivity index (χ4n) is 2.13. The number of hydrogen-bond donors (Lipinski definition) is 1. The molecule has 5 heteroatoms. The number of aromatic nitrogens is 1. The maximum atomic E-state index is 12.1. The Kier molecular flexibility index (Phi) is 4.90. The lowest BCUT2D eigenvalue weighted by Crippen LogP contribution is -2.35. The zero-order valence-corrected chi connectivity index (χ0v) is 12.2. The predicted molar refractivity (Wildman–Crippen MR) is 80.6 cm³/mol. The highest BCUT2D eigenvalue weighted by molar-refractivity contribution is 5.93. The van der Waals surface area contributed by atoms with E-state index in [4.69, 9.17) is 0 Å². The van der Waals surface area contributed by atoms with E-state index in [0.29, 0.717) is 16.8 Å². The highest BCUT2D eigenvalue weighted by atomic mass is 16.5. The van der Waals surface area contributed by atoms with Gasteiger partial charge < -0.3 is 15.4 Å². The van der Waals surface area contributed by atoms with Gasteiger partial charge in [-0.1, -0.05) is 30.3 Å². The van der Waals surface area contributed by atoms with Gasteiger partial charge in [0.1, 0.15) is 0 Å². The summed E-state index contributed by atoms with van der Waals surface area (Å²) < 4.78 is 0.656. The van der Waals surface area contributed by atoms with Crippen LogP contribution in [0, 0.1) is 5.21 Å². The maximum absolute atomic E-state index is 12.1. The third-order valence-electron chi connectivity index (χ3n) is 3.33. The SMILES string of the molecule is CN(C)C(CNC(=O)c1cc[n+]([O-])cc1)c1ccccc1. The first-order valence-corrected chi connectivity index (χ1v) is 6.76. The number of rotatable bonds is 5. The molecule has 0 spiro atoms. The molecule has 0 saturated heterocycles. The summed E-state index contributed by atoms with van der Waals surface area (Å²) in [6, 6.07) is 13.1. The zero-order chi connectivity index (χ0) is 15.2. The topological polar surface area (TPSA) is 59.3 Å². The normalized spacial score (nSPS) is 12.1. The summed E-state index contributed by atoms with van der Waals surface area (Å²) in [6.45, 7) is 0.502. The molecule has 2 aromatic rings. The highest BCUT2D eigenvalue weighted by Crippen LogP contribution is 2.16. The number of pyridine rings is 1. The molecule has 0 aliphatic carbocycles. The average molecular weight is 285 g/mol. The number of carbonyl (C=O) groups excluding carboxylic acids is 1. The largest absolute Gasteiger partial charge is 0.619 e. The highest BCUT2D eigenvalue weighted by Gasteiger charge is 2.15. The van der Waals surface area contributed by atoms with E-state index in [2.05, 4.69) is 10.2 Å². The summed E-state index contributed by atoms with van der Waals surface area (Å²) in [5, 5.41) is 13.9.